The maximum Gasteiger partial charge on any atom is 0.191 e. The van der Waals surface area contributed by atoms with Crippen molar-refractivity contribution in [3.05, 3.63) is 24.5 Å². The van der Waals surface area contributed by atoms with Crippen molar-refractivity contribution in [1.29, 1.82) is 0 Å². The topological polar surface area (TPSA) is 44.6 Å². The number of nitrogens with zero attached hydrogens (tertiary/aromatic N) is 3. The summed E-state index contributed by atoms with van der Waals surface area (Å²) in [4.78, 5) is 7.35. The van der Waals surface area contributed by atoms with Crippen molar-refractivity contribution in [1.82, 2.24) is 20.1 Å². The van der Waals surface area contributed by atoms with Crippen molar-refractivity contribution in [2.24, 2.45) is 16.8 Å². The van der Waals surface area contributed by atoms with Crippen LogP contribution in [0.1, 0.15) is 40.0 Å². The molecule has 1 aromatic heterocycles. The third-order valence-electron chi connectivity index (χ3n) is 4.77. The van der Waals surface area contributed by atoms with E-state index in [2.05, 4.69) is 65.4 Å². The van der Waals surface area contributed by atoms with Crippen LogP contribution in [0.25, 0.3) is 0 Å². The lowest BCUT2D eigenvalue weighted by Gasteiger charge is -2.34. The van der Waals surface area contributed by atoms with Gasteiger partial charge in [0.2, 0.25) is 0 Å². The molecule has 0 radical (unpaired) electrons. The van der Waals surface area contributed by atoms with Crippen molar-refractivity contribution in [3.8, 4) is 0 Å². The highest BCUT2D eigenvalue weighted by Gasteiger charge is 2.20. The summed E-state index contributed by atoms with van der Waals surface area (Å²) >= 11 is 0. The van der Waals surface area contributed by atoms with E-state index in [0.29, 0.717) is 0 Å². The van der Waals surface area contributed by atoms with Gasteiger partial charge in [-0.1, -0.05) is 13.8 Å². The number of piperidine rings is 1. The Morgan fingerprint density at radius 1 is 1.04 bits per heavy atom. The van der Waals surface area contributed by atoms with Crippen molar-refractivity contribution >= 4 is 29.9 Å². The van der Waals surface area contributed by atoms with Crippen LogP contribution in [0.15, 0.2) is 29.5 Å². The second-order valence-corrected chi connectivity index (χ2v) is 7.52. The Labute approximate surface area is 177 Å². The second kappa shape index (κ2) is 13.4. The first-order valence-electron chi connectivity index (χ1n) is 10.0. The number of aromatic nitrogens is 1. The molecule has 0 amide bonds. The third-order valence-corrected chi connectivity index (χ3v) is 4.77. The zero-order valence-electron chi connectivity index (χ0n) is 16.8. The number of likely N-dealkylation sites (tertiary alicyclic amines) is 1. The van der Waals surface area contributed by atoms with Gasteiger partial charge in [0.15, 0.2) is 5.96 Å². The fourth-order valence-electron chi connectivity index (χ4n) is 3.78. The maximum atomic E-state index is 4.71. The Hall–Kier alpha value is -0.760. The molecule has 2 rings (SSSR count). The summed E-state index contributed by atoms with van der Waals surface area (Å²) in [7, 11) is 0. The van der Waals surface area contributed by atoms with E-state index in [0.717, 1.165) is 50.4 Å². The summed E-state index contributed by atoms with van der Waals surface area (Å²) in [5.74, 6) is 2.65. The van der Waals surface area contributed by atoms with Crippen LogP contribution in [-0.2, 0) is 6.54 Å². The Morgan fingerprint density at radius 2 is 1.73 bits per heavy atom. The predicted octanol–water partition coefficient (Wildman–Crippen LogP) is 3.42. The molecule has 0 spiro atoms. The molecule has 1 aliphatic heterocycles. The summed E-state index contributed by atoms with van der Waals surface area (Å²) < 4.78 is 2.18. The molecule has 26 heavy (non-hydrogen) atoms. The van der Waals surface area contributed by atoms with Crippen molar-refractivity contribution in [3.63, 3.8) is 0 Å². The molecule has 150 valence electrons. The highest BCUT2D eigenvalue weighted by Crippen LogP contribution is 2.20. The van der Waals surface area contributed by atoms with Gasteiger partial charge >= 0.3 is 0 Å². The van der Waals surface area contributed by atoms with E-state index in [1.807, 2.05) is 0 Å². The molecular weight excluding hydrogens is 437 g/mol. The maximum absolute atomic E-state index is 4.71. The summed E-state index contributed by atoms with van der Waals surface area (Å²) in [5.41, 5.74) is 0. The molecule has 2 N–H and O–H groups in total. The average Bonchev–Trinajstić information content (AvgIpc) is 3.07. The first kappa shape index (κ1) is 23.3. The van der Waals surface area contributed by atoms with Crippen molar-refractivity contribution in [2.75, 3.05) is 39.3 Å². The number of hydrogen-bond donors (Lipinski definition) is 2. The zero-order chi connectivity index (χ0) is 17.9. The first-order valence-corrected chi connectivity index (χ1v) is 10.0. The molecule has 0 aromatic carbocycles. The van der Waals surface area contributed by atoms with E-state index in [1.165, 1.54) is 32.5 Å². The number of aliphatic imine (C=N–C) groups is 1. The van der Waals surface area contributed by atoms with E-state index in [-0.39, 0.29) is 24.0 Å². The fourth-order valence-corrected chi connectivity index (χ4v) is 3.78. The lowest BCUT2D eigenvalue weighted by molar-refractivity contribution is 0.139. The van der Waals surface area contributed by atoms with Crippen LogP contribution in [0.5, 0.6) is 0 Å². The van der Waals surface area contributed by atoms with Crippen molar-refractivity contribution in [2.45, 2.75) is 46.6 Å². The smallest absolute Gasteiger partial charge is 0.191 e. The van der Waals surface area contributed by atoms with Gasteiger partial charge in [-0.2, -0.15) is 0 Å². The molecule has 2 atom stereocenters. The summed E-state index contributed by atoms with van der Waals surface area (Å²) in [6.07, 6.45) is 7.97. The summed E-state index contributed by atoms with van der Waals surface area (Å²) in [6.45, 7) is 14.3. The minimum Gasteiger partial charge on any atom is -0.357 e. The lowest BCUT2D eigenvalue weighted by atomic mass is 9.92. The first-order chi connectivity index (χ1) is 12.2. The van der Waals surface area contributed by atoms with E-state index in [9.17, 15) is 0 Å². The van der Waals surface area contributed by atoms with E-state index in [1.54, 1.807) is 0 Å². The summed E-state index contributed by atoms with van der Waals surface area (Å²) in [6, 6.07) is 4.12. The Bertz CT molecular complexity index is 478. The molecule has 1 fully saturated rings. The minimum atomic E-state index is 0. The van der Waals surface area contributed by atoms with Crippen molar-refractivity contribution < 1.29 is 0 Å². The van der Waals surface area contributed by atoms with Gasteiger partial charge in [0.1, 0.15) is 0 Å². The van der Waals surface area contributed by atoms with Gasteiger partial charge in [-0.15, -0.1) is 24.0 Å². The Morgan fingerprint density at radius 3 is 2.38 bits per heavy atom. The van der Waals surface area contributed by atoms with Crippen LogP contribution in [0.3, 0.4) is 0 Å². The number of hydrogen-bond acceptors (Lipinski definition) is 2. The van der Waals surface area contributed by atoms with E-state index < -0.39 is 0 Å². The molecule has 6 heteroatoms. The SMILES string of the molecule is CCNC(=NCCCCN1CC(C)CC(C)C1)NCCn1cccc1.I. The second-order valence-electron chi connectivity index (χ2n) is 7.52. The quantitative estimate of drug-likeness (QED) is 0.249. The number of rotatable bonds is 9. The van der Waals surface area contributed by atoms with E-state index in [4.69, 9.17) is 4.99 Å². The predicted molar refractivity (Wildman–Crippen MR) is 122 cm³/mol. The molecule has 2 heterocycles. The molecule has 1 saturated heterocycles. The van der Waals surface area contributed by atoms with Gasteiger partial charge in [0.25, 0.3) is 0 Å². The molecule has 0 aliphatic carbocycles. The van der Waals surface area contributed by atoms with Crippen LogP contribution in [-0.4, -0.2) is 54.7 Å². The van der Waals surface area contributed by atoms with Gasteiger partial charge in [0, 0.05) is 51.7 Å². The molecule has 5 nitrogen and oxygen atoms in total. The third kappa shape index (κ3) is 9.26. The number of nitrogens with one attached hydrogen (secondary N) is 2. The number of unbranched alkanes of at least 4 members (excludes halogenated alkanes) is 1. The number of guanidine groups is 1. The Kier molecular flexibility index (Phi) is 12.0. The van der Waals surface area contributed by atoms with Crippen LogP contribution < -0.4 is 10.6 Å². The van der Waals surface area contributed by atoms with Gasteiger partial charge in [-0.05, 0) is 56.7 Å². The van der Waals surface area contributed by atoms with Gasteiger partial charge in [-0.25, -0.2) is 0 Å². The van der Waals surface area contributed by atoms with Crippen LogP contribution in [0.2, 0.25) is 0 Å². The largest absolute Gasteiger partial charge is 0.357 e. The van der Waals surface area contributed by atoms with Crippen LogP contribution in [0.4, 0.5) is 0 Å². The molecule has 1 aliphatic rings. The normalized spacial score (nSPS) is 21.3. The summed E-state index contributed by atoms with van der Waals surface area (Å²) in [5, 5.41) is 6.75. The molecule has 0 bridgehead atoms. The van der Waals surface area contributed by atoms with Crippen LogP contribution in [0, 0.1) is 11.8 Å². The van der Waals surface area contributed by atoms with E-state index >= 15 is 0 Å². The van der Waals surface area contributed by atoms with Crippen LogP contribution >= 0.6 is 24.0 Å². The monoisotopic (exact) mass is 475 g/mol. The number of halogens is 1. The van der Waals surface area contributed by atoms with Gasteiger partial charge in [0.05, 0.1) is 0 Å². The highest BCUT2D eigenvalue weighted by atomic mass is 127. The lowest BCUT2D eigenvalue weighted by Crippen LogP contribution is -2.39. The molecular formula is C20H38IN5. The standard InChI is InChI=1S/C20H37N5.HI/c1-4-21-20(23-10-14-24-11-7-8-12-24)22-9-5-6-13-25-16-18(2)15-19(3)17-25;/h7-8,11-12,18-19H,4-6,9-10,13-17H2,1-3H3,(H2,21,22,23);1H. The molecule has 2 unspecified atom stereocenters. The van der Waals surface area contributed by atoms with Gasteiger partial charge < -0.3 is 20.1 Å². The molecule has 1 aromatic rings. The average molecular weight is 475 g/mol. The fraction of sp³-hybridized carbons (Fsp3) is 0.750. The zero-order valence-corrected chi connectivity index (χ0v) is 19.1. The molecule has 0 saturated carbocycles. The van der Waals surface area contributed by atoms with Gasteiger partial charge in [-0.3, -0.25) is 4.99 Å². The minimum absolute atomic E-state index is 0. The Balaban J connectivity index is 0.00000338. The highest BCUT2D eigenvalue weighted by molar-refractivity contribution is 14.0.